The smallest absolute Gasteiger partial charge is 0.292 e. The third-order valence-electron chi connectivity index (χ3n) is 5.23. The lowest BCUT2D eigenvalue weighted by molar-refractivity contribution is 0.285. The number of ether oxygens (including phenoxy) is 2. The number of hydrogen-bond acceptors (Lipinski definition) is 6. The summed E-state index contributed by atoms with van der Waals surface area (Å²) in [5, 5.41) is 0. The Balaban J connectivity index is 1.55. The van der Waals surface area contributed by atoms with E-state index in [4.69, 9.17) is 9.47 Å². The van der Waals surface area contributed by atoms with Gasteiger partial charge in [0.2, 0.25) is 5.88 Å². The maximum Gasteiger partial charge on any atom is 0.292 e. The second kappa shape index (κ2) is 7.66. The van der Waals surface area contributed by atoms with Gasteiger partial charge in [0.25, 0.3) is 5.56 Å². The second-order valence-corrected chi connectivity index (χ2v) is 7.52. The molecular formula is C22H24N4O3. The Morgan fingerprint density at radius 3 is 2.76 bits per heavy atom. The fraction of sp³-hybridized carbons (Fsp3) is 0.364. The van der Waals surface area contributed by atoms with Gasteiger partial charge in [-0.15, -0.1) is 0 Å². The van der Waals surface area contributed by atoms with E-state index in [-0.39, 0.29) is 11.3 Å². The van der Waals surface area contributed by atoms with Gasteiger partial charge >= 0.3 is 0 Å². The lowest BCUT2D eigenvalue weighted by Crippen LogP contribution is -2.18. The first kappa shape index (κ1) is 19.1. The Bertz CT molecular complexity index is 1090. The van der Waals surface area contributed by atoms with Gasteiger partial charge in [0.05, 0.1) is 19.3 Å². The molecule has 0 amide bonds. The molecule has 0 bridgehead atoms. The van der Waals surface area contributed by atoms with Gasteiger partial charge in [-0.3, -0.25) is 9.78 Å². The van der Waals surface area contributed by atoms with Crippen molar-refractivity contribution in [2.45, 2.75) is 26.2 Å². The highest BCUT2D eigenvalue weighted by atomic mass is 16.5. The van der Waals surface area contributed by atoms with Crippen LogP contribution in [0, 0.1) is 19.8 Å². The molecule has 1 aliphatic rings. The summed E-state index contributed by atoms with van der Waals surface area (Å²) in [6, 6.07) is 5.88. The van der Waals surface area contributed by atoms with Crippen molar-refractivity contribution in [2.75, 3.05) is 13.7 Å². The molecule has 0 aliphatic heterocycles. The number of aromatic nitrogens is 4. The molecule has 1 unspecified atom stereocenters. The average Bonchev–Trinajstić information content (AvgIpc) is 3.49. The minimum Gasteiger partial charge on any atom is -0.491 e. The predicted molar refractivity (Wildman–Crippen MR) is 109 cm³/mol. The first-order valence-corrected chi connectivity index (χ1v) is 9.60. The van der Waals surface area contributed by atoms with Crippen LogP contribution >= 0.6 is 0 Å². The van der Waals surface area contributed by atoms with Crippen LogP contribution in [0.25, 0.3) is 11.1 Å². The third-order valence-corrected chi connectivity index (χ3v) is 5.23. The molecule has 2 atom stereocenters. The summed E-state index contributed by atoms with van der Waals surface area (Å²) < 4.78 is 12.8. The van der Waals surface area contributed by atoms with Crippen molar-refractivity contribution in [2.24, 2.45) is 13.0 Å². The van der Waals surface area contributed by atoms with E-state index < -0.39 is 0 Å². The molecule has 0 spiro atoms. The summed E-state index contributed by atoms with van der Waals surface area (Å²) in [4.78, 5) is 25.4. The van der Waals surface area contributed by atoms with Crippen LogP contribution in [0.2, 0.25) is 0 Å². The Kier molecular flexibility index (Phi) is 5.05. The van der Waals surface area contributed by atoms with Crippen LogP contribution in [0.3, 0.4) is 0 Å². The van der Waals surface area contributed by atoms with Crippen molar-refractivity contribution >= 4 is 0 Å². The number of aryl methyl sites for hydroxylation is 3. The van der Waals surface area contributed by atoms with Crippen LogP contribution in [-0.4, -0.2) is 33.2 Å². The fourth-order valence-corrected chi connectivity index (χ4v) is 3.41. The highest BCUT2D eigenvalue weighted by Gasteiger charge is 2.40. The summed E-state index contributed by atoms with van der Waals surface area (Å²) in [7, 11) is 3.17. The molecule has 3 heterocycles. The molecule has 0 radical (unpaired) electrons. The van der Waals surface area contributed by atoms with Gasteiger partial charge in [-0.25, -0.2) is 4.98 Å². The molecule has 1 fully saturated rings. The van der Waals surface area contributed by atoms with Crippen LogP contribution in [0.4, 0.5) is 0 Å². The minimum absolute atomic E-state index is 0.196. The lowest BCUT2D eigenvalue weighted by atomic mass is 10.1. The average molecular weight is 392 g/mol. The van der Waals surface area contributed by atoms with E-state index in [2.05, 4.69) is 27.1 Å². The molecule has 7 nitrogen and oxygen atoms in total. The summed E-state index contributed by atoms with van der Waals surface area (Å²) in [5.41, 5.74) is 3.59. The Labute approximate surface area is 169 Å². The van der Waals surface area contributed by atoms with Crippen LogP contribution in [0.5, 0.6) is 11.6 Å². The third kappa shape index (κ3) is 3.99. The summed E-state index contributed by atoms with van der Waals surface area (Å²) in [5.74, 6) is 2.26. The largest absolute Gasteiger partial charge is 0.491 e. The van der Waals surface area contributed by atoms with Gasteiger partial charge in [-0.1, -0.05) is 6.07 Å². The molecule has 0 saturated heterocycles. The van der Waals surface area contributed by atoms with Crippen LogP contribution in [0.15, 0.2) is 41.6 Å². The van der Waals surface area contributed by atoms with Crippen LogP contribution in [0.1, 0.15) is 29.4 Å². The molecule has 0 aromatic carbocycles. The molecule has 3 aromatic heterocycles. The van der Waals surface area contributed by atoms with E-state index in [1.165, 1.54) is 11.7 Å². The summed E-state index contributed by atoms with van der Waals surface area (Å²) in [6.45, 7) is 4.43. The number of nitrogens with zero attached hydrogens (tertiary/aromatic N) is 4. The molecule has 4 rings (SSSR count). The van der Waals surface area contributed by atoms with Crippen molar-refractivity contribution in [1.29, 1.82) is 0 Å². The summed E-state index contributed by atoms with van der Waals surface area (Å²) >= 11 is 0. The SMILES string of the molecule is COc1cc(-c2cnc(C)nc2OCC2C[C@@H]2c2ccc(C)cn2)cn(C)c1=O. The monoisotopic (exact) mass is 392 g/mol. The van der Waals surface area contributed by atoms with E-state index >= 15 is 0 Å². The maximum absolute atomic E-state index is 12.1. The van der Waals surface area contributed by atoms with E-state index in [0.717, 1.165) is 28.8 Å². The highest BCUT2D eigenvalue weighted by Crippen LogP contribution is 2.47. The number of rotatable bonds is 6. The number of hydrogen-bond donors (Lipinski definition) is 0. The first-order valence-electron chi connectivity index (χ1n) is 9.60. The highest BCUT2D eigenvalue weighted by molar-refractivity contribution is 5.68. The van der Waals surface area contributed by atoms with Gasteiger partial charge in [-0.05, 0) is 38.0 Å². The predicted octanol–water partition coefficient (Wildman–Crippen LogP) is 3.05. The zero-order chi connectivity index (χ0) is 20.5. The zero-order valence-electron chi connectivity index (χ0n) is 17.0. The quantitative estimate of drug-likeness (QED) is 0.642. The second-order valence-electron chi connectivity index (χ2n) is 7.52. The molecule has 7 heteroatoms. The first-order chi connectivity index (χ1) is 14.0. The standard InChI is InChI=1S/C22H24N4O3/c1-13-5-6-19(24-9-13)17-7-16(17)12-29-21-18(10-23-14(2)25-21)15-8-20(28-4)22(27)26(3)11-15/h5-6,8-11,16-17H,7,12H2,1-4H3/t16?,17-/m0/s1. The fourth-order valence-electron chi connectivity index (χ4n) is 3.41. The van der Waals surface area contributed by atoms with Crippen molar-refractivity contribution in [3.8, 4) is 22.8 Å². The molecular weight excluding hydrogens is 368 g/mol. The number of pyridine rings is 2. The van der Waals surface area contributed by atoms with Gasteiger partial charge in [0.1, 0.15) is 5.82 Å². The van der Waals surface area contributed by atoms with Crippen molar-refractivity contribution in [1.82, 2.24) is 19.5 Å². The molecule has 3 aromatic rings. The Hall–Kier alpha value is -3.22. The van der Waals surface area contributed by atoms with Gasteiger partial charge in [-0.2, -0.15) is 4.98 Å². The van der Waals surface area contributed by atoms with E-state index in [1.807, 2.05) is 20.0 Å². The van der Waals surface area contributed by atoms with Gasteiger partial charge in [0.15, 0.2) is 5.75 Å². The van der Waals surface area contributed by atoms with E-state index in [0.29, 0.717) is 30.1 Å². The summed E-state index contributed by atoms with van der Waals surface area (Å²) in [6.07, 6.45) is 6.43. The van der Waals surface area contributed by atoms with Crippen LogP contribution in [-0.2, 0) is 7.05 Å². The lowest BCUT2D eigenvalue weighted by Gasteiger charge is -2.13. The molecule has 29 heavy (non-hydrogen) atoms. The normalized spacial score (nSPS) is 17.8. The van der Waals surface area contributed by atoms with Crippen LogP contribution < -0.4 is 15.0 Å². The molecule has 1 saturated carbocycles. The van der Waals surface area contributed by atoms with Crippen molar-refractivity contribution in [3.05, 3.63) is 64.2 Å². The zero-order valence-corrected chi connectivity index (χ0v) is 17.0. The Morgan fingerprint density at radius 1 is 1.21 bits per heavy atom. The molecule has 150 valence electrons. The topological polar surface area (TPSA) is 79.1 Å². The van der Waals surface area contributed by atoms with Crippen molar-refractivity contribution < 1.29 is 9.47 Å². The minimum atomic E-state index is -0.196. The molecule has 1 aliphatic carbocycles. The van der Waals surface area contributed by atoms with E-state index in [9.17, 15) is 4.79 Å². The van der Waals surface area contributed by atoms with Crippen molar-refractivity contribution in [3.63, 3.8) is 0 Å². The maximum atomic E-state index is 12.1. The molecule has 0 N–H and O–H groups in total. The Morgan fingerprint density at radius 2 is 2.03 bits per heavy atom. The van der Waals surface area contributed by atoms with E-state index in [1.54, 1.807) is 25.5 Å². The van der Waals surface area contributed by atoms with Gasteiger partial charge < -0.3 is 14.0 Å². The van der Waals surface area contributed by atoms with Gasteiger partial charge in [0, 0.05) is 48.7 Å². The number of methoxy groups -OCH3 is 1.